The number of carbonyl (C=O) groups is 2. The molecule has 0 radical (unpaired) electrons. The standard InChI is InChI=1S/C25H25ClN2O2S/c1-16(2)15-28-23(21-13-8-14-31-21)22(17-9-4-5-10-18(17)24(28)29)25(30)27(3)20-12-7-6-11-19(20)26/h4-14,16,22-23H,15H2,1-3H3/t22-,23-/m1/s1. The van der Waals surface area contributed by atoms with Crippen LogP contribution in [0.2, 0.25) is 5.02 Å². The van der Waals surface area contributed by atoms with E-state index < -0.39 is 5.92 Å². The third-order valence-electron chi connectivity index (χ3n) is 5.65. The van der Waals surface area contributed by atoms with Gasteiger partial charge in [-0.1, -0.05) is 61.8 Å². The van der Waals surface area contributed by atoms with E-state index in [1.165, 1.54) is 0 Å². The number of thiophene rings is 1. The Morgan fingerprint density at radius 1 is 1.10 bits per heavy atom. The summed E-state index contributed by atoms with van der Waals surface area (Å²) in [5.41, 5.74) is 2.03. The first-order valence-electron chi connectivity index (χ1n) is 10.4. The fraction of sp³-hybridized carbons (Fsp3) is 0.280. The summed E-state index contributed by atoms with van der Waals surface area (Å²) in [5.74, 6) is -0.353. The molecule has 2 aromatic carbocycles. The lowest BCUT2D eigenvalue weighted by Gasteiger charge is -2.43. The number of amides is 2. The van der Waals surface area contributed by atoms with Crippen LogP contribution in [-0.4, -0.2) is 30.3 Å². The number of anilines is 1. The molecule has 2 heterocycles. The number of hydrogen-bond donors (Lipinski definition) is 0. The highest BCUT2D eigenvalue weighted by molar-refractivity contribution is 7.10. The molecule has 160 valence electrons. The molecule has 0 unspecified atom stereocenters. The van der Waals surface area contributed by atoms with Crippen molar-refractivity contribution in [1.29, 1.82) is 0 Å². The third kappa shape index (κ3) is 4.00. The van der Waals surface area contributed by atoms with E-state index in [9.17, 15) is 9.59 Å². The second-order valence-electron chi connectivity index (χ2n) is 8.23. The number of para-hydroxylation sites is 1. The van der Waals surface area contributed by atoms with Gasteiger partial charge in [0.25, 0.3) is 5.91 Å². The third-order valence-corrected chi connectivity index (χ3v) is 6.91. The highest BCUT2D eigenvalue weighted by atomic mass is 35.5. The maximum absolute atomic E-state index is 14.0. The highest BCUT2D eigenvalue weighted by Gasteiger charge is 2.45. The predicted molar refractivity (Wildman–Crippen MR) is 127 cm³/mol. The first-order chi connectivity index (χ1) is 14.9. The lowest BCUT2D eigenvalue weighted by Crippen LogP contribution is -2.48. The normalized spacial score (nSPS) is 18.2. The molecule has 0 bridgehead atoms. The molecule has 0 saturated carbocycles. The summed E-state index contributed by atoms with van der Waals surface area (Å²) < 4.78 is 0. The van der Waals surface area contributed by atoms with Gasteiger partial charge in [0.2, 0.25) is 5.91 Å². The lowest BCUT2D eigenvalue weighted by molar-refractivity contribution is -0.121. The summed E-state index contributed by atoms with van der Waals surface area (Å²) >= 11 is 7.98. The molecule has 4 nitrogen and oxygen atoms in total. The number of benzene rings is 2. The number of halogens is 1. The van der Waals surface area contributed by atoms with Gasteiger partial charge >= 0.3 is 0 Å². The van der Waals surface area contributed by atoms with Crippen LogP contribution in [0.25, 0.3) is 0 Å². The van der Waals surface area contributed by atoms with E-state index >= 15 is 0 Å². The molecule has 1 aliphatic rings. The fourth-order valence-electron chi connectivity index (χ4n) is 4.28. The van der Waals surface area contributed by atoms with Crippen molar-refractivity contribution >= 4 is 40.4 Å². The zero-order chi connectivity index (χ0) is 22.1. The van der Waals surface area contributed by atoms with Crippen molar-refractivity contribution < 1.29 is 9.59 Å². The first-order valence-corrected chi connectivity index (χ1v) is 11.6. The largest absolute Gasteiger partial charge is 0.329 e. The number of fused-ring (bicyclic) bond motifs is 1. The molecular weight excluding hydrogens is 428 g/mol. The maximum atomic E-state index is 14.0. The second kappa shape index (κ2) is 8.85. The Labute approximate surface area is 192 Å². The molecule has 31 heavy (non-hydrogen) atoms. The number of carbonyl (C=O) groups excluding carboxylic acids is 2. The molecule has 1 aromatic heterocycles. The maximum Gasteiger partial charge on any atom is 0.254 e. The van der Waals surface area contributed by atoms with Crippen LogP contribution in [0, 0.1) is 5.92 Å². The highest BCUT2D eigenvalue weighted by Crippen LogP contribution is 2.45. The van der Waals surface area contributed by atoms with Gasteiger partial charge in [0.1, 0.15) is 0 Å². The van der Waals surface area contributed by atoms with Crippen LogP contribution < -0.4 is 4.90 Å². The van der Waals surface area contributed by atoms with Crippen molar-refractivity contribution in [2.24, 2.45) is 5.92 Å². The second-order valence-corrected chi connectivity index (χ2v) is 9.61. The van der Waals surface area contributed by atoms with E-state index in [0.29, 0.717) is 22.8 Å². The Morgan fingerprint density at radius 2 is 1.81 bits per heavy atom. The van der Waals surface area contributed by atoms with Gasteiger partial charge in [0, 0.05) is 24.0 Å². The topological polar surface area (TPSA) is 40.6 Å². The molecule has 0 spiro atoms. The predicted octanol–water partition coefficient (Wildman–Crippen LogP) is 6.00. The minimum atomic E-state index is -0.521. The SMILES string of the molecule is CC(C)CN1C(=O)c2ccccc2[C@@H](C(=O)N(C)c2ccccc2Cl)[C@H]1c1cccs1. The van der Waals surface area contributed by atoms with Crippen LogP contribution >= 0.6 is 22.9 Å². The number of likely N-dealkylation sites (N-methyl/N-ethyl adjacent to an activating group) is 1. The van der Waals surface area contributed by atoms with Gasteiger partial charge in [-0.15, -0.1) is 11.3 Å². The van der Waals surface area contributed by atoms with Crippen LogP contribution in [0.5, 0.6) is 0 Å². The van der Waals surface area contributed by atoms with Gasteiger partial charge in [-0.05, 0) is 41.1 Å². The number of hydrogen-bond acceptors (Lipinski definition) is 3. The Bertz CT molecular complexity index is 1100. The Balaban J connectivity index is 1.87. The van der Waals surface area contributed by atoms with Crippen LogP contribution in [0.1, 0.15) is 46.6 Å². The summed E-state index contributed by atoms with van der Waals surface area (Å²) in [4.78, 5) is 32.0. The average molecular weight is 453 g/mol. The molecule has 3 aromatic rings. The average Bonchev–Trinajstić information content (AvgIpc) is 3.29. The summed E-state index contributed by atoms with van der Waals surface area (Å²) in [5, 5.41) is 2.51. The van der Waals surface area contributed by atoms with Gasteiger partial charge in [0.15, 0.2) is 0 Å². The van der Waals surface area contributed by atoms with E-state index in [1.807, 2.05) is 64.9 Å². The van der Waals surface area contributed by atoms with E-state index in [0.717, 1.165) is 10.4 Å². The molecule has 2 amide bonds. The molecule has 0 saturated heterocycles. The summed E-state index contributed by atoms with van der Waals surface area (Å²) in [6.45, 7) is 4.76. The van der Waals surface area contributed by atoms with Crippen molar-refractivity contribution in [3.63, 3.8) is 0 Å². The van der Waals surface area contributed by atoms with Crippen LogP contribution in [0.3, 0.4) is 0 Å². The number of nitrogens with zero attached hydrogens (tertiary/aromatic N) is 2. The van der Waals surface area contributed by atoms with Gasteiger partial charge in [-0.2, -0.15) is 0 Å². The molecular formula is C25H25ClN2O2S. The minimum Gasteiger partial charge on any atom is -0.329 e. The zero-order valence-electron chi connectivity index (χ0n) is 17.8. The Hall–Kier alpha value is -2.63. The molecule has 0 N–H and O–H groups in total. The minimum absolute atomic E-state index is 0.0212. The Kier molecular flexibility index (Phi) is 6.17. The fourth-order valence-corrected chi connectivity index (χ4v) is 5.42. The molecule has 6 heteroatoms. The van der Waals surface area contributed by atoms with Gasteiger partial charge < -0.3 is 9.80 Å². The zero-order valence-corrected chi connectivity index (χ0v) is 19.4. The molecule has 0 fully saturated rings. The number of rotatable bonds is 5. The van der Waals surface area contributed by atoms with E-state index in [-0.39, 0.29) is 23.8 Å². The smallest absolute Gasteiger partial charge is 0.254 e. The van der Waals surface area contributed by atoms with E-state index in [2.05, 4.69) is 13.8 Å². The van der Waals surface area contributed by atoms with Crippen molar-refractivity contribution in [1.82, 2.24) is 4.90 Å². The quantitative estimate of drug-likeness (QED) is 0.476. The summed E-state index contributed by atoms with van der Waals surface area (Å²) in [6, 6.07) is 18.4. The van der Waals surface area contributed by atoms with Crippen LogP contribution in [0.4, 0.5) is 5.69 Å². The van der Waals surface area contributed by atoms with Gasteiger partial charge in [0.05, 0.1) is 22.7 Å². The first kappa shape index (κ1) is 21.6. The van der Waals surface area contributed by atoms with Crippen molar-refractivity contribution in [3.8, 4) is 0 Å². The van der Waals surface area contributed by atoms with E-state index in [1.54, 1.807) is 29.4 Å². The van der Waals surface area contributed by atoms with Crippen molar-refractivity contribution in [2.45, 2.75) is 25.8 Å². The molecule has 1 aliphatic heterocycles. The summed E-state index contributed by atoms with van der Waals surface area (Å²) in [6.07, 6.45) is 0. The molecule has 2 atom stereocenters. The van der Waals surface area contributed by atoms with Crippen LogP contribution in [-0.2, 0) is 4.79 Å². The van der Waals surface area contributed by atoms with Crippen molar-refractivity contribution in [3.05, 3.63) is 87.1 Å². The van der Waals surface area contributed by atoms with Crippen LogP contribution in [0.15, 0.2) is 66.0 Å². The Morgan fingerprint density at radius 3 is 2.48 bits per heavy atom. The molecule has 0 aliphatic carbocycles. The lowest BCUT2D eigenvalue weighted by atomic mass is 9.80. The van der Waals surface area contributed by atoms with Crippen molar-refractivity contribution in [2.75, 3.05) is 18.5 Å². The summed E-state index contributed by atoms with van der Waals surface area (Å²) in [7, 11) is 1.75. The molecule has 4 rings (SSSR count). The van der Waals surface area contributed by atoms with E-state index in [4.69, 9.17) is 11.6 Å². The van der Waals surface area contributed by atoms with Gasteiger partial charge in [-0.3, -0.25) is 9.59 Å². The van der Waals surface area contributed by atoms with Gasteiger partial charge in [-0.25, -0.2) is 0 Å². The monoisotopic (exact) mass is 452 g/mol.